The van der Waals surface area contributed by atoms with Gasteiger partial charge in [0, 0.05) is 36.7 Å². The summed E-state index contributed by atoms with van der Waals surface area (Å²) in [6.07, 6.45) is 16.8. The lowest BCUT2D eigenvalue weighted by atomic mass is 9.34. The summed E-state index contributed by atoms with van der Waals surface area (Å²) in [5.41, 5.74) is -3.82. The Morgan fingerprint density at radius 3 is 2.38 bits per heavy atom. The number of aliphatic hydroxyl groups is 3. The number of hydrogen-bond acceptors (Lipinski definition) is 7. The van der Waals surface area contributed by atoms with E-state index in [9.17, 15) is 20.1 Å². The number of benzene rings is 1. The Morgan fingerprint density at radius 1 is 0.885 bits per heavy atom. The predicted octanol–water partition coefficient (Wildman–Crippen LogP) is 9.44. The number of hydrogen-bond donors (Lipinski definition) is 3. The van der Waals surface area contributed by atoms with Crippen LogP contribution in [-0.4, -0.2) is 57.8 Å². The molecule has 1 aromatic carbocycles. The molecular weight excluding hydrogens is 761 g/mol. The largest absolute Gasteiger partial charge is 0.461 e. The topological polar surface area (TPSA) is 113 Å². The molecule has 12 unspecified atom stereocenters. The minimum Gasteiger partial charge on any atom is -0.461 e. The van der Waals surface area contributed by atoms with Crippen molar-refractivity contribution in [2.45, 2.75) is 186 Å². The summed E-state index contributed by atoms with van der Waals surface area (Å²) in [7, 11) is 0. The molecule has 4 bridgehead atoms. The Hall–Kier alpha value is -3.10. The molecule has 1 aromatic rings. The van der Waals surface area contributed by atoms with Gasteiger partial charge in [-0.15, -0.1) is 5.92 Å². The maximum atomic E-state index is 15.7. The third kappa shape index (κ3) is 6.97. The first kappa shape index (κ1) is 43.2. The van der Waals surface area contributed by atoms with Crippen molar-refractivity contribution in [3.63, 3.8) is 0 Å². The fraction of sp³-hybridized carbons (Fsp3) is 0.741. The molecular formula is C54H72O7. The van der Waals surface area contributed by atoms with Crippen LogP contribution in [0.4, 0.5) is 0 Å². The predicted molar refractivity (Wildman–Crippen MR) is 235 cm³/mol. The molecule has 3 heterocycles. The molecule has 330 valence electrons. The Balaban J connectivity index is 1.25. The summed E-state index contributed by atoms with van der Waals surface area (Å²) >= 11 is 0. The first-order valence-electron chi connectivity index (χ1n) is 24.5. The number of ether oxygens (including phenoxy) is 2. The van der Waals surface area contributed by atoms with E-state index in [4.69, 9.17) is 9.47 Å². The zero-order valence-electron chi connectivity index (χ0n) is 37.3. The molecule has 9 rings (SSSR count). The number of esters is 2. The number of carbonyl (C=O) groups excluding carboxylic acids is 2. The lowest BCUT2D eigenvalue weighted by molar-refractivity contribution is -0.342. The van der Waals surface area contributed by atoms with Crippen LogP contribution in [0.3, 0.4) is 0 Å². The van der Waals surface area contributed by atoms with E-state index in [0.29, 0.717) is 38.5 Å². The van der Waals surface area contributed by atoms with E-state index in [1.807, 2.05) is 6.92 Å². The van der Waals surface area contributed by atoms with Crippen molar-refractivity contribution in [1.29, 1.82) is 0 Å². The Bertz CT molecular complexity index is 1970. The van der Waals surface area contributed by atoms with E-state index >= 15 is 4.79 Å². The normalized spacial score (nSPS) is 42.0. The van der Waals surface area contributed by atoms with Crippen LogP contribution in [0.15, 0.2) is 42.0 Å². The Kier molecular flexibility index (Phi) is 11.7. The zero-order chi connectivity index (χ0) is 42.7. The molecule has 7 heteroatoms. The number of carbonyl (C=O) groups is 2. The van der Waals surface area contributed by atoms with Crippen LogP contribution in [-0.2, 0) is 25.5 Å². The van der Waals surface area contributed by atoms with Gasteiger partial charge in [0.1, 0.15) is 12.7 Å². The van der Waals surface area contributed by atoms with Gasteiger partial charge in [-0.05, 0) is 124 Å². The van der Waals surface area contributed by atoms with Gasteiger partial charge in [-0.1, -0.05) is 107 Å². The maximum Gasteiger partial charge on any atom is 0.331 e. The second-order valence-electron chi connectivity index (χ2n) is 22.1. The highest BCUT2D eigenvalue weighted by atomic mass is 16.5. The highest BCUT2D eigenvalue weighted by molar-refractivity contribution is 5.85. The number of fused-ring (bicyclic) bond motifs is 3. The molecule has 8 aliphatic rings. The van der Waals surface area contributed by atoms with Gasteiger partial charge in [-0.2, -0.15) is 0 Å². The van der Waals surface area contributed by atoms with Crippen LogP contribution in [0.2, 0.25) is 0 Å². The third-order valence-electron chi connectivity index (χ3n) is 18.9. The fourth-order valence-electron chi connectivity index (χ4n) is 15.8. The second-order valence-corrected chi connectivity index (χ2v) is 22.1. The smallest absolute Gasteiger partial charge is 0.331 e. The van der Waals surface area contributed by atoms with Crippen molar-refractivity contribution in [3.05, 3.63) is 47.5 Å². The lowest BCUT2D eigenvalue weighted by Crippen LogP contribution is -2.80. The number of cyclic esters (lactones) is 1. The van der Waals surface area contributed by atoms with Gasteiger partial charge in [0.25, 0.3) is 0 Å². The molecule has 3 aliphatic heterocycles. The Morgan fingerprint density at radius 2 is 1.64 bits per heavy atom. The van der Waals surface area contributed by atoms with E-state index in [1.54, 1.807) is 0 Å². The Labute approximate surface area is 365 Å². The summed E-state index contributed by atoms with van der Waals surface area (Å²) in [4.78, 5) is 28.1. The van der Waals surface area contributed by atoms with Crippen molar-refractivity contribution in [2.24, 2.45) is 56.7 Å². The van der Waals surface area contributed by atoms with Crippen LogP contribution < -0.4 is 0 Å². The number of rotatable bonds is 10. The molecule has 2 spiro atoms. The van der Waals surface area contributed by atoms with E-state index in [2.05, 4.69) is 67.9 Å². The average Bonchev–Trinajstić information content (AvgIpc) is 3.91. The van der Waals surface area contributed by atoms with Crippen molar-refractivity contribution < 1.29 is 34.4 Å². The summed E-state index contributed by atoms with van der Waals surface area (Å²) in [6, 6.07) is 10.6. The quantitative estimate of drug-likeness (QED) is 0.159. The zero-order valence-corrected chi connectivity index (χ0v) is 37.3. The molecule has 0 saturated heterocycles. The molecule has 61 heavy (non-hydrogen) atoms. The molecule has 5 fully saturated rings. The van der Waals surface area contributed by atoms with Gasteiger partial charge in [0.2, 0.25) is 0 Å². The highest BCUT2D eigenvalue weighted by Gasteiger charge is 2.79. The number of aryl methyl sites for hydroxylation is 1. The summed E-state index contributed by atoms with van der Waals surface area (Å²) in [6.45, 7) is 6.81. The molecule has 5 aliphatic carbocycles. The second kappa shape index (κ2) is 16.5. The van der Waals surface area contributed by atoms with Gasteiger partial charge in [0.15, 0.2) is 0 Å². The first-order valence-corrected chi connectivity index (χ1v) is 24.5. The molecule has 5 saturated carbocycles. The average molecular weight is 833 g/mol. The minimum atomic E-state index is -1.74. The molecule has 7 nitrogen and oxygen atoms in total. The maximum absolute atomic E-state index is 15.7. The van der Waals surface area contributed by atoms with E-state index in [0.717, 1.165) is 95.5 Å². The van der Waals surface area contributed by atoms with Crippen molar-refractivity contribution >= 4 is 11.9 Å². The van der Waals surface area contributed by atoms with Gasteiger partial charge < -0.3 is 24.8 Å². The molecule has 0 amide bonds. The van der Waals surface area contributed by atoms with Crippen LogP contribution in [0.1, 0.15) is 161 Å². The summed E-state index contributed by atoms with van der Waals surface area (Å²) < 4.78 is 12.6. The van der Waals surface area contributed by atoms with Gasteiger partial charge in [-0.3, -0.25) is 4.79 Å². The van der Waals surface area contributed by atoms with Crippen molar-refractivity contribution in [2.75, 3.05) is 6.61 Å². The van der Waals surface area contributed by atoms with Crippen LogP contribution in [0.25, 0.3) is 0 Å². The standard InChI is InChI=1S/C54H72O7/c1-37(15-12-18-38-16-6-4-7-17-38)33-40-21-22-43-51(26-10-11-27-51)28-14-30-52(43)29-13-25-49(2)35-42(61-48(52)58)46-50(3,41-19-8-5-9-20-41)31-24-44(55)54(46,47(40)57)53(49,59)32-23-39-34-45(56)60-36-39/h4,6-7,16-17,34,37,40-44,46-47,55,57,59H,5,8-12,14-15,18-20,23-24,26-33,35-36H2,1-3H3. The van der Waals surface area contributed by atoms with Gasteiger partial charge in [-0.25, -0.2) is 4.79 Å². The van der Waals surface area contributed by atoms with Crippen molar-refractivity contribution in [1.82, 2.24) is 0 Å². The number of aliphatic hydroxyl groups excluding tert-OH is 2. The van der Waals surface area contributed by atoms with Crippen LogP contribution >= 0.6 is 0 Å². The van der Waals surface area contributed by atoms with Crippen LogP contribution in [0.5, 0.6) is 0 Å². The minimum absolute atomic E-state index is 0.108. The fourth-order valence-corrected chi connectivity index (χ4v) is 15.8. The lowest BCUT2D eigenvalue weighted by Gasteiger charge is -2.72. The first-order chi connectivity index (χ1) is 29.3. The van der Waals surface area contributed by atoms with E-state index in [1.165, 1.54) is 18.1 Å². The van der Waals surface area contributed by atoms with Crippen molar-refractivity contribution in [3.8, 4) is 23.7 Å². The third-order valence-corrected chi connectivity index (χ3v) is 18.9. The molecule has 12 atom stereocenters. The molecule has 3 N–H and O–H groups in total. The molecule has 0 radical (unpaired) electrons. The monoisotopic (exact) mass is 833 g/mol. The molecule has 0 aromatic heterocycles. The van der Waals surface area contributed by atoms with Gasteiger partial charge >= 0.3 is 11.9 Å². The van der Waals surface area contributed by atoms with E-state index in [-0.39, 0.29) is 48.1 Å². The van der Waals surface area contributed by atoms with Gasteiger partial charge in [0.05, 0.1) is 34.1 Å². The summed E-state index contributed by atoms with van der Waals surface area (Å²) in [5, 5.41) is 41.7. The SMILES string of the molecule is CC(CCCc1ccccc1)CC1C#CC2C3(CCCC3)CCCC23CC#CC2(C)CC(OC3=O)C3C(C)(C4CCCCC4)CCC(O)C3(C1O)C2(O)CCC1=CC(=O)OC1. The van der Waals surface area contributed by atoms with Crippen LogP contribution in [0, 0.1) is 80.3 Å². The van der Waals surface area contributed by atoms with E-state index < -0.39 is 57.4 Å². The summed E-state index contributed by atoms with van der Waals surface area (Å²) in [5.74, 6) is 13.6. The highest BCUT2D eigenvalue weighted by Crippen LogP contribution is 2.73.